The molecule has 3 aliphatic heterocycles. The number of hydrogen-bond acceptors (Lipinski definition) is 20. The summed E-state index contributed by atoms with van der Waals surface area (Å²) >= 11 is 0. The maximum Gasteiger partial charge on any atom is 0.483 e. The highest BCUT2D eigenvalue weighted by molar-refractivity contribution is 7.61. The van der Waals surface area contributed by atoms with Gasteiger partial charge < -0.3 is 69.8 Å². The van der Waals surface area contributed by atoms with E-state index in [0.29, 0.717) is 21.1 Å². The monoisotopic (exact) mass is 979 g/mol. The van der Waals surface area contributed by atoms with Crippen molar-refractivity contribution in [2.24, 2.45) is 0 Å². The number of hydrogen-bond donors (Lipinski definition) is 12. The Balaban J connectivity index is 1.02. The van der Waals surface area contributed by atoms with Gasteiger partial charge in [0.2, 0.25) is 0 Å². The number of phosphoric ester groups is 2. The van der Waals surface area contributed by atoms with Gasteiger partial charge in [0.05, 0.1) is 24.3 Å². The molecule has 4 heterocycles. The molecule has 67 heavy (non-hydrogen) atoms. The zero-order valence-corrected chi connectivity index (χ0v) is 35.7. The zero-order chi connectivity index (χ0) is 48.7. The summed E-state index contributed by atoms with van der Waals surface area (Å²) in [6, 6.07) is 11.8. The van der Waals surface area contributed by atoms with Crippen LogP contribution in [-0.4, -0.2) is 141 Å². The molecule has 0 bridgehead atoms. The molecular formula is C39H39N3O23P2. The number of benzene rings is 3. The molecule has 1 aliphatic carbocycles. The molecule has 26 nitrogen and oxygen atoms in total. The van der Waals surface area contributed by atoms with E-state index in [9.17, 15) is 83.7 Å². The van der Waals surface area contributed by atoms with E-state index in [1.165, 1.54) is 60.7 Å². The average molecular weight is 980 g/mol. The van der Waals surface area contributed by atoms with Gasteiger partial charge in [0.15, 0.2) is 17.9 Å². The number of fused-ring (bicyclic) bond motifs is 2. The summed E-state index contributed by atoms with van der Waals surface area (Å²) < 4.78 is 55.2. The van der Waals surface area contributed by atoms with Crippen LogP contribution < -0.4 is 22.0 Å². The smallest absolute Gasteiger partial charge is 0.483 e. The number of phenols is 1. The predicted octanol–water partition coefficient (Wildman–Crippen LogP) is -1.07. The van der Waals surface area contributed by atoms with Gasteiger partial charge in [0, 0.05) is 47.0 Å². The van der Waals surface area contributed by atoms with Crippen LogP contribution in [0, 0.1) is 0 Å². The summed E-state index contributed by atoms with van der Waals surface area (Å²) in [5.41, 5.74) is -2.16. The molecule has 2 aromatic carbocycles. The van der Waals surface area contributed by atoms with Crippen molar-refractivity contribution in [2.75, 3.05) is 19.8 Å². The predicted molar refractivity (Wildman–Crippen MR) is 223 cm³/mol. The summed E-state index contributed by atoms with van der Waals surface area (Å²) in [5.74, 6) is -2.13. The van der Waals surface area contributed by atoms with Crippen molar-refractivity contribution in [1.29, 1.82) is 0 Å². The highest BCUT2D eigenvalue weighted by Crippen LogP contribution is 2.61. The zero-order valence-electron chi connectivity index (χ0n) is 33.9. The lowest BCUT2D eigenvalue weighted by atomic mass is 9.89. The van der Waals surface area contributed by atoms with Crippen LogP contribution in [0.1, 0.15) is 32.5 Å². The van der Waals surface area contributed by atoms with E-state index < -0.39 is 113 Å². The third-order valence-corrected chi connectivity index (χ3v) is 13.0. The van der Waals surface area contributed by atoms with Gasteiger partial charge >= 0.3 is 27.3 Å². The van der Waals surface area contributed by atoms with Crippen molar-refractivity contribution < 1.29 is 96.6 Å². The minimum Gasteiger partial charge on any atom is -0.508 e. The molecule has 28 heteroatoms. The molecule has 2 saturated heterocycles. The number of carbonyl (C=O) groups excluding carboxylic acids is 1. The minimum absolute atomic E-state index is 0.0125. The van der Waals surface area contributed by atoms with Gasteiger partial charge in [-0.1, -0.05) is 12.2 Å². The maximum absolute atomic E-state index is 13.4. The molecule has 1 aromatic heterocycles. The third kappa shape index (κ3) is 10.5. The number of carboxylic acid groups (broad SMARTS) is 1. The molecule has 3 aromatic rings. The molecular weight excluding hydrogens is 940 g/mol. The average Bonchev–Trinajstić information content (AvgIpc) is 3.54. The second-order valence-corrected chi connectivity index (χ2v) is 17.9. The minimum atomic E-state index is -5.73. The van der Waals surface area contributed by atoms with Crippen LogP contribution in [0.15, 0.2) is 85.7 Å². The molecule has 12 N–H and O–H groups in total. The first-order valence-corrected chi connectivity index (χ1v) is 22.5. The number of nitrogens with zero attached hydrogens (tertiary/aromatic N) is 1. The summed E-state index contributed by atoms with van der Waals surface area (Å²) in [5, 5.41) is 83.6. The molecule has 358 valence electrons. The number of ether oxygens (including phenoxy) is 2. The van der Waals surface area contributed by atoms with Crippen molar-refractivity contribution >= 4 is 44.6 Å². The molecule has 0 radical (unpaired) electrons. The Morgan fingerprint density at radius 2 is 1.58 bits per heavy atom. The Kier molecular flexibility index (Phi) is 14.3. The fraction of sp³-hybridized carbons (Fsp3) is 0.308. The largest absolute Gasteiger partial charge is 0.508 e. The van der Waals surface area contributed by atoms with Gasteiger partial charge in [0.1, 0.15) is 59.8 Å². The van der Waals surface area contributed by atoms with Crippen LogP contribution in [-0.2, 0) is 32.0 Å². The lowest BCUT2D eigenvalue weighted by molar-refractivity contribution is -0.280. The van der Waals surface area contributed by atoms with Crippen molar-refractivity contribution in [1.82, 2.24) is 14.9 Å². The van der Waals surface area contributed by atoms with Crippen molar-refractivity contribution in [3.63, 3.8) is 0 Å². The molecule has 4 aliphatic rings. The molecule has 2 unspecified atom stereocenters. The van der Waals surface area contributed by atoms with E-state index in [1.54, 1.807) is 0 Å². The van der Waals surface area contributed by atoms with E-state index in [1.807, 2.05) is 4.98 Å². The number of nitrogens with one attached hydrogen (secondary N) is 2. The highest BCUT2D eigenvalue weighted by atomic mass is 31.3. The van der Waals surface area contributed by atoms with Crippen molar-refractivity contribution in [3.8, 4) is 28.2 Å². The Labute approximate surface area is 373 Å². The number of aliphatic hydroxyl groups excluding tert-OH is 6. The third-order valence-electron chi connectivity index (χ3n) is 10.4. The van der Waals surface area contributed by atoms with Crippen LogP contribution in [0.4, 0.5) is 0 Å². The fourth-order valence-corrected chi connectivity index (χ4v) is 9.36. The van der Waals surface area contributed by atoms with Gasteiger partial charge in [-0.2, -0.15) is 4.31 Å². The van der Waals surface area contributed by atoms with Gasteiger partial charge in [-0.3, -0.25) is 33.0 Å². The van der Waals surface area contributed by atoms with E-state index in [2.05, 4.69) is 18.7 Å². The standard InChI is InChI=1S/C39H39N3O23P2/c43-14-26-29(46)31(48)33(50)38(63-26)64-67(58,59)65-66(56,57)60-15-27-30(47)32(49)36(62-27)42-13-17(35(52)41-39(42)55)2-1-9-40-34(51)16-3-6-20(37(53)54)23(10-16)28-21-7-4-18(44)11-24(21)61-25-12-19(45)5-8-22(25)28/h1-8,10-13,26-27,29-33,36,38,43-44,46-50H,9,14-15H2,(H,40,51)(H,53,54)(H,56,57)(H,58,59)(H,41,52,55)/b2-1+/t26-,27+,29+,30+,31+,32+,33+,36+,38-/m0/s1. The number of H-pyrrole nitrogens is 1. The number of phosphoric acid groups is 2. The van der Waals surface area contributed by atoms with Crippen LogP contribution in [0.3, 0.4) is 0 Å². The first-order valence-electron chi connectivity index (χ1n) is 19.5. The number of aromatic nitrogens is 2. The van der Waals surface area contributed by atoms with Crippen molar-refractivity contribution in [3.05, 3.63) is 115 Å². The summed E-state index contributed by atoms with van der Waals surface area (Å²) in [6.45, 7) is -2.37. The molecule has 7 rings (SSSR count). The molecule has 0 spiro atoms. The highest BCUT2D eigenvalue weighted by Gasteiger charge is 2.50. The van der Waals surface area contributed by atoms with Crippen molar-refractivity contribution in [2.45, 2.75) is 55.2 Å². The summed E-state index contributed by atoms with van der Waals surface area (Å²) in [7, 11) is -11.4. The number of aromatic amines is 1. The van der Waals surface area contributed by atoms with Gasteiger partial charge in [0.25, 0.3) is 11.5 Å². The first kappa shape index (κ1) is 49.1. The fourth-order valence-electron chi connectivity index (χ4n) is 7.20. The molecule has 0 saturated carbocycles. The number of carbonyl (C=O) groups is 2. The first-order chi connectivity index (χ1) is 31.6. The van der Waals surface area contributed by atoms with E-state index in [-0.39, 0.29) is 45.9 Å². The number of carboxylic acids is 1. The second-order valence-electron chi connectivity index (χ2n) is 14.9. The number of rotatable bonds is 15. The van der Waals surface area contributed by atoms with Gasteiger partial charge in [-0.05, 0) is 48.0 Å². The lowest BCUT2D eigenvalue weighted by Gasteiger charge is -2.39. The van der Waals surface area contributed by atoms with Gasteiger partial charge in [-0.25, -0.2) is 18.7 Å². The molecule has 11 atom stereocenters. The number of aromatic hydroxyl groups is 1. The Morgan fingerprint density at radius 3 is 2.30 bits per heavy atom. The number of aromatic carboxylic acids is 1. The number of amides is 1. The summed E-state index contributed by atoms with van der Waals surface area (Å²) in [4.78, 5) is 85.7. The number of aliphatic hydroxyl groups is 6. The second kappa shape index (κ2) is 19.4. The maximum atomic E-state index is 13.4. The normalized spacial score (nSPS) is 26.1. The summed E-state index contributed by atoms with van der Waals surface area (Å²) in [6.07, 6.45) is -14.1. The van der Waals surface area contributed by atoms with E-state index in [4.69, 9.17) is 13.9 Å². The molecule has 2 fully saturated rings. The Hall–Kier alpha value is -5.77. The Morgan fingerprint density at radius 1 is 0.851 bits per heavy atom. The van der Waals surface area contributed by atoms with Crippen LogP contribution in [0.5, 0.6) is 5.75 Å². The van der Waals surface area contributed by atoms with Crippen LogP contribution >= 0.6 is 15.6 Å². The quantitative estimate of drug-likeness (QED) is 0.0439. The molecule has 1 amide bonds. The van der Waals surface area contributed by atoms with Crippen LogP contribution in [0.2, 0.25) is 0 Å². The Bertz CT molecular complexity index is 2990. The number of phenolic OH excluding ortho intramolecular Hbond substituents is 1. The van der Waals surface area contributed by atoms with Gasteiger partial charge in [-0.15, -0.1) is 0 Å². The van der Waals surface area contributed by atoms with E-state index in [0.717, 1.165) is 12.3 Å². The SMILES string of the molecule is O=C(NC/C=C/c1cn([C@@H]2O[C@H](COP(=O)(O)OP(=O)(O)O[C@@H]3O[C@@H](CO)[C@@H](O)[C@@H](O)[C@H]3O)[C@@H](O)[C@H]2O)c(=O)[nH]c1=O)c1ccc(C(=O)O)c(-c2c3ccc(=O)cc-3oc3cc(O)ccc23)c1. The topological polar surface area (TPSA) is 414 Å². The van der Waals surface area contributed by atoms with Crippen LogP contribution in [0.25, 0.3) is 39.5 Å². The lowest BCUT2D eigenvalue weighted by Crippen LogP contribution is -2.58. The van der Waals surface area contributed by atoms with E-state index >= 15 is 0 Å².